The van der Waals surface area contributed by atoms with Crippen molar-refractivity contribution in [2.24, 2.45) is 0 Å². The van der Waals surface area contributed by atoms with Crippen LogP contribution in [0.15, 0.2) is 22.7 Å². The SMILES string of the molecule is CC1(C)CCC(C)(C)c2cc(-c3noc(N4CCN(CCCCO)CC4)n3)ccc21. The molecule has 4 rings (SSSR count). The number of piperazine rings is 1. The molecule has 0 unspecified atom stereocenters. The van der Waals surface area contributed by atoms with E-state index in [1.165, 1.54) is 24.0 Å². The van der Waals surface area contributed by atoms with Gasteiger partial charge in [-0.1, -0.05) is 45.0 Å². The van der Waals surface area contributed by atoms with Crippen LogP contribution in [-0.2, 0) is 10.8 Å². The van der Waals surface area contributed by atoms with Crippen molar-refractivity contribution in [3.05, 3.63) is 29.3 Å². The van der Waals surface area contributed by atoms with Gasteiger partial charge in [0.05, 0.1) is 0 Å². The topological polar surface area (TPSA) is 65.6 Å². The van der Waals surface area contributed by atoms with Gasteiger partial charge in [-0.2, -0.15) is 4.98 Å². The van der Waals surface area contributed by atoms with Crippen molar-refractivity contribution in [1.29, 1.82) is 0 Å². The van der Waals surface area contributed by atoms with Gasteiger partial charge in [-0.15, -0.1) is 0 Å². The molecular formula is C24H36N4O2. The lowest BCUT2D eigenvalue weighted by atomic mass is 9.63. The van der Waals surface area contributed by atoms with Crippen molar-refractivity contribution in [1.82, 2.24) is 15.0 Å². The Morgan fingerprint density at radius 2 is 1.67 bits per heavy atom. The molecule has 6 nitrogen and oxygen atoms in total. The van der Waals surface area contributed by atoms with Crippen molar-refractivity contribution in [2.75, 3.05) is 44.2 Å². The molecule has 1 aliphatic heterocycles. The molecule has 0 bridgehead atoms. The normalized spacial score (nSPS) is 20.9. The third kappa shape index (κ3) is 4.26. The molecule has 1 fully saturated rings. The van der Waals surface area contributed by atoms with Gasteiger partial charge in [0.1, 0.15) is 0 Å². The molecule has 1 N–H and O–H groups in total. The molecule has 164 valence electrons. The second kappa shape index (κ2) is 8.31. The highest BCUT2D eigenvalue weighted by Gasteiger charge is 2.37. The van der Waals surface area contributed by atoms with E-state index in [-0.39, 0.29) is 17.4 Å². The van der Waals surface area contributed by atoms with Crippen LogP contribution in [0.3, 0.4) is 0 Å². The molecule has 1 saturated heterocycles. The Balaban J connectivity index is 1.48. The first-order valence-corrected chi connectivity index (χ1v) is 11.4. The summed E-state index contributed by atoms with van der Waals surface area (Å²) in [5, 5.41) is 13.3. The zero-order valence-corrected chi connectivity index (χ0v) is 18.9. The maximum absolute atomic E-state index is 8.95. The predicted octanol–water partition coefficient (Wildman–Crippen LogP) is 3.98. The summed E-state index contributed by atoms with van der Waals surface area (Å²) in [5.41, 5.74) is 4.28. The number of anilines is 1. The van der Waals surface area contributed by atoms with Gasteiger partial charge in [-0.05, 0) is 60.3 Å². The number of fused-ring (bicyclic) bond motifs is 1. The summed E-state index contributed by atoms with van der Waals surface area (Å²) in [6, 6.07) is 7.32. The van der Waals surface area contributed by atoms with Gasteiger partial charge in [0.15, 0.2) is 0 Å². The molecule has 0 radical (unpaired) electrons. The Kier molecular flexibility index (Phi) is 5.90. The van der Waals surface area contributed by atoms with Crippen molar-refractivity contribution < 1.29 is 9.63 Å². The Hall–Kier alpha value is -1.92. The van der Waals surface area contributed by atoms with E-state index >= 15 is 0 Å². The zero-order valence-electron chi connectivity index (χ0n) is 18.9. The fraction of sp³-hybridized carbons (Fsp3) is 0.667. The summed E-state index contributed by atoms with van der Waals surface area (Å²) in [7, 11) is 0. The van der Waals surface area contributed by atoms with Crippen molar-refractivity contribution in [3.8, 4) is 11.4 Å². The smallest absolute Gasteiger partial charge is 0.324 e. The van der Waals surface area contributed by atoms with Crippen LogP contribution in [0.4, 0.5) is 6.01 Å². The van der Waals surface area contributed by atoms with E-state index in [9.17, 15) is 0 Å². The highest BCUT2D eigenvalue weighted by atomic mass is 16.5. The number of nitrogens with zero attached hydrogens (tertiary/aromatic N) is 4. The molecule has 2 aromatic rings. The second-order valence-electron chi connectivity index (χ2n) is 10.2. The molecule has 2 aliphatic rings. The third-order valence-electron chi connectivity index (χ3n) is 7.05. The van der Waals surface area contributed by atoms with E-state index in [0.717, 1.165) is 51.1 Å². The maximum atomic E-state index is 8.95. The monoisotopic (exact) mass is 412 g/mol. The minimum Gasteiger partial charge on any atom is -0.396 e. The fourth-order valence-corrected chi connectivity index (χ4v) is 4.80. The predicted molar refractivity (Wildman–Crippen MR) is 120 cm³/mol. The number of benzene rings is 1. The molecular weight excluding hydrogens is 376 g/mol. The third-order valence-corrected chi connectivity index (χ3v) is 7.05. The number of aliphatic hydroxyl groups excluding tert-OH is 1. The summed E-state index contributed by atoms with van der Waals surface area (Å²) in [6.07, 6.45) is 4.33. The molecule has 0 saturated carbocycles. The molecule has 1 aromatic carbocycles. The van der Waals surface area contributed by atoms with Crippen molar-refractivity contribution >= 4 is 6.01 Å². The van der Waals surface area contributed by atoms with Crippen molar-refractivity contribution in [3.63, 3.8) is 0 Å². The fourth-order valence-electron chi connectivity index (χ4n) is 4.80. The highest BCUT2D eigenvalue weighted by molar-refractivity contribution is 5.60. The molecule has 0 amide bonds. The molecule has 30 heavy (non-hydrogen) atoms. The maximum Gasteiger partial charge on any atom is 0.324 e. The Labute approximate surface area is 180 Å². The van der Waals surface area contributed by atoms with Crippen LogP contribution in [0.5, 0.6) is 0 Å². The van der Waals surface area contributed by atoms with Crippen LogP contribution in [0.25, 0.3) is 11.4 Å². The lowest BCUT2D eigenvalue weighted by Crippen LogP contribution is -2.46. The van der Waals surface area contributed by atoms with Crippen LogP contribution in [-0.4, -0.2) is 59.5 Å². The molecule has 0 atom stereocenters. The first-order chi connectivity index (χ1) is 14.3. The highest BCUT2D eigenvalue weighted by Crippen LogP contribution is 2.46. The van der Waals surface area contributed by atoms with Crippen LogP contribution in [0, 0.1) is 0 Å². The summed E-state index contributed by atoms with van der Waals surface area (Å²) < 4.78 is 5.64. The number of aliphatic hydroxyl groups is 1. The summed E-state index contributed by atoms with van der Waals surface area (Å²) in [6.45, 7) is 14.5. The minimum absolute atomic E-state index is 0.166. The van der Waals surface area contributed by atoms with Gasteiger partial charge in [0, 0.05) is 38.3 Å². The summed E-state index contributed by atoms with van der Waals surface area (Å²) >= 11 is 0. The standard InChI is InChI=1S/C24H36N4O2/c1-23(2)9-10-24(3,4)20-17-18(7-8-19(20)23)21-25-22(30-26-21)28-14-12-27(13-15-28)11-5-6-16-29/h7-8,17,29H,5-6,9-16H2,1-4H3. The van der Waals surface area contributed by atoms with E-state index in [2.05, 4.69) is 60.9 Å². The van der Waals surface area contributed by atoms with Gasteiger partial charge < -0.3 is 14.5 Å². The van der Waals surface area contributed by atoms with Gasteiger partial charge in [-0.3, -0.25) is 4.90 Å². The van der Waals surface area contributed by atoms with Crippen LogP contribution in [0.1, 0.15) is 64.5 Å². The molecule has 0 spiro atoms. The quantitative estimate of drug-likeness (QED) is 0.724. The van der Waals surface area contributed by atoms with Gasteiger partial charge >= 0.3 is 6.01 Å². The van der Waals surface area contributed by atoms with Crippen LogP contribution >= 0.6 is 0 Å². The van der Waals surface area contributed by atoms with Crippen LogP contribution < -0.4 is 4.90 Å². The van der Waals surface area contributed by atoms with Gasteiger partial charge in [0.2, 0.25) is 5.82 Å². The summed E-state index contributed by atoms with van der Waals surface area (Å²) in [4.78, 5) is 9.36. The first kappa shape index (κ1) is 21.3. The molecule has 6 heteroatoms. The van der Waals surface area contributed by atoms with E-state index in [1.807, 2.05) is 0 Å². The lowest BCUT2D eigenvalue weighted by molar-refractivity contribution is 0.228. The second-order valence-corrected chi connectivity index (χ2v) is 10.2. The molecule has 2 heterocycles. The van der Waals surface area contributed by atoms with Crippen molar-refractivity contribution in [2.45, 2.75) is 64.2 Å². The van der Waals surface area contributed by atoms with E-state index in [4.69, 9.17) is 14.6 Å². The average Bonchev–Trinajstić information content (AvgIpc) is 3.22. The average molecular weight is 413 g/mol. The number of unbranched alkanes of at least 4 members (excludes halogenated alkanes) is 1. The number of rotatable bonds is 6. The van der Waals surface area contributed by atoms with E-state index < -0.39 is 0 Å². The zero-order chi connectivity index (χ0) is 21.4. The Bertz CT molecular complexity index is 866. The van der Waals surface area contributed by atoms with E-state index in [1.54, 1.807) is 0 Å². The van der Waals surface area contributed by atoms with Gasteiger partial charge in [-0.25, -0.2) is 0 Å². The van der Waals surface area contributed by atoms with E-state index in [0.29, 0.717) is 11.8 Å². The van der Waals surface area contributed by atoms with Crippen LogP contribution in [0.2, 0.25) is 0 Å². The number of aromatic nitrogens is 2. The molecule has 1 aliphatic carbocycles. The number of hydrogen-bond donors (Lipinski definition) is 1. The lowest BCUT2D eigenvalue weighted by Gasteiger charge is -2.42. The Morgan fingerprint density at radius 3 is 2.37 bits per heavy atom. The largest absolute Gasteiger partial charge is 0.396 e. The first-order valence-electron chi connectivity index (χ1n) is 11.4. The van der Waals surface area contributed by atoms with Gasteiger partial charge in [0.25, 0.3) is 0 Å². The molecule has 1 aromatic heterocycles. The number of hydrogen-bond acceptors (Lipinski definition) is 6. The Morgan fingerprint density at radius 1 is 0.967 bits per heavy atom. The minimum atomic E-state index is 0.166. The summed E-state index contributed by atoms with van der Waals surface area (Å²) in [5.74, 6) is 0.678.